The van der Waals surface area contributed by atoms with Crippen molar-refractivity contribution in [3.8, 4) is 22.3 Å². The normalized spacial score (nSPS) is 9.43. The van der Waals surface area contributed by atoms with Crippen molar-refractivity contribution in [2.45, 2.75) is 40.0 Å². The number of fused-ring (bicyclic) bond motifs is 2. The number of halogens is 2. The summed E-state index contributed by atoms with van der Waals surface area (Å²) in [5.41, 5.74) is 8.32. The molecule has 0 nitrogen and oxygen atoms in total. The van der Waals surface area contributed by atoms with Gasteiger partial charge in [-0.25, -0.2) is 0 Å². The second-order valence-corrected chi connectivity index (χ2v) is 29.2. The maximum absolute atomic E-state index is 2.31. The van der Waals surface area contributed by atoms with E-state index in [2.05, 4.69) is 161 Å². The summed E-state index contributed by atoms with van der Waals surface area (Å²) in [4.78, 5) is 0. The minimum absolute atomic E-state index is 0. The Balaban J connectivity index is 0.000000324. The zero-order valence-electron chi connectivity index (χ0n) is 25.3. The van der Waals surface area contributed by atoms with Crippen LogP contribution in [0.2, 0.25) is 26.2 Å². The van der Waals surface area contributed by atoms with Crippen molar-refractivity contribution in [2.75, 3.05) is 0 Å². The molecular weight excluding hydrogens is 742 g/mol. The van der Waals surface area contributed by atoms with Crippen LogP contribution in [0, 0.1) is 13.8 Å². The van der Waals surface area contributed by atoms with Gasteiger partial charge in [-0.15, -0.1) is 69.1 Å². The number of benzene rings is 4. The quantitative estimate of drug-likeness (QED) is 0.178. The molecule has 0 aliphatic heterocycles. The monoisotopic (exact) mass is 776 g/mol. The van der Waals surface area contributed by atoms with Gasteiger partial charge in [0.2, 0.25) is 0 Å². The van der Waals surface area contributed by atoms with Gasteiger partial charge in [0.25, 0.3) is 0 Å². The number of aryl methyl sites for hydroxylation is 2. The molecule has 0 amide bonds. The summed E-state index contributed by atoms with van der Waals surface area (Å²) in [7, 11) is 0. The Hall–Kier alpha value is -1.12. The smallest absolute Gasteiger partial charge is 0.0279 e. The maximum Gasteiger partial charge on any atom is -0.0279 e. The topological polar surface area (TPSA) is 0 Å². The fourth-order valence-corrected chi connectivity index (χ4v) is 4.51. The fourth-order valence-electron chi connectivity index (χ4n) is 4.51. The van der Waals surface area contributed by atoms with Crippen LogP contribution in [-0.2, 0) is 46.7 Å². The van der Waals surface area contributed by atoms with Crippen LogP contribution in [0.5, 0.6) is 0 Å². The molecule has 0 radical (unpaired) electrons. The van der Waals surface area contributed by atoms with Gasteiger partial charge in [0.15, 0.2) is 0 Å². The van der Waals surface area contributed by atoms with Crippen LogP contribution in [0.3, 0.4) is 0 Å². The number of hydrogen-bond acceptors (Lipinski definition) is 0. The molecule has 0 aromatic heterocycles. The first-order valence-electron chi connectivity index (χ1n) is 13.6. The van der Waals surface area contributed by atoms with E-state index in [9.17, 15) is 0 Å². The van der Waals surface area contributed by atoms with Gasteiger partial charge in [-0.3, -0.25) is 0 Å². The molecule has 6 aromatic carbocycles. The first kappa shape index (κ1) is 38.9. The Bertz CT molecular complexity index is 1550. The van der Waals surface area contributed by atoms with Crippen LogP contribution in [0.25, 0.3) is 43.8 Å². The second-order valence-electron chi connectivity index (χ2n) is 10.4. The van der Waals surface area contributed by atoms with Crippen LogP contribution in [0.1, 0.15) is 11.1 Å². The average Bonchev–Trinajstić information content (AvgIpc) is 3.50. The van der Waals surface area contributed by atoms with E-state index < -0.39 is 0 Å². The molecule has 0 N–H and O–H groups in total. The van der Waals surface area contributed by atoms with Gasteiger partial charge in [-0.05, 0) is 11.1 Å². The minimum Gasteiger partial charge on any atom is -1.00 e. The summed E-state index contributed by atoms with van der Waals surface area (Å²) < 4.78 is 0. The van der Waals surface area contributed by atoms with Crippen molar-refractivity contribution in [1.29, 1.82) is 0 Å². The predicted molar refractivity (Wildman–Crippen MR) is 174 cm³/mol. The molecular formula is C36H38Cl2Si2Zr2-4. The third kappa shape index (κ3) is 12.5. The van der Waals surface area contributed by atoms with Crippen LogP contribution in [-0.4, -0.2) is 10.9 Å². The van der Waals surface area contributed by atoms with Crippen LogP contribution >= 0.6 is 0 Å². The maximum atomic E-state index is 2.31. The molecule has 0 fully saturated rings. The minimum atomic E-state index is 0. The molecule has 42 heavy (non-hydrogen) atoms. The standard InChI is InChI=1S/2C16H13.2C2H6Si.2ClH.2Zr/c2*1-12-10-14-8-5-9-15(16(14)11-12)13-6-3-2-4-7-13;2*1-3-2;;;;/h2*2-11H,1H3;2*1-2H3;2*1H;;/q2*-1;;;;;;/p-2. The number of rotatable bonds is 2. The Morgan fingerprint density at radius 3 is 1.10 bits per heavy atom. The summed E-state index contributed by atoms with van der Waals surface area (Å²) in [5.74, 6) is 0. The summed E-state index contributed by atoms with van der Waals surface area (Å²) in [6.07, 6.45) is 0. The summed E-state index contributed by atoms with van der Waals surface area (Å²) in [6.45, 7) is 13.5. The molecule has 0 aliphatic rings. The molecule has 6 rings (SSSR count). The largest absolute Gasteiger partial charge is 1.00 e. The van der Waals surface area contributed by atoms with Gasteiger partial charge in [-0.2, -0.15) is 12.1 Å². The molecule has 0 unspecified atom stereocenters. The van der Waals surface area contributed by atoms with Crippen LogP contribution in [0.15, 0.2) is 121 Å². The molecule has 0 bridgehead atoms. The Morgan fingerprint density at radius 1 is 0.476 bits per heavy atom. The third-order valence-electron chi connectivity index (χ3n) is 5.96. The molecule has 0 atom stereocenters. The fraction of sp³-hybridized carbons (Fsp3) is 0.167. The van der Waals surface area contributed by atoms with E-state index in [1.165, 1.54) is 54.9 Å². The van der Waals surface area contributed by atoms with Crippen LogP contribution in [0.4, 0.5) is 0 Å². The van der Waals surface area contributed by atoms with E-state index in [0.29, 0.717) is 0 Å². The molecule has 0 saturated heterocycles. The average molecular weight is 780 g/mol. The zero-order valence-corrected chi connectivity index (χ0v) is 33.7. The van der Waals surface area contributed by atoms with E-state index in [0.717, 1.165) is 0 Å². The predicted octanol–water partition coefficient (Wildman–Crippen LogP) is 4.64. The molecule has 216 valence electrons. The van der Waals surface area contributed by atoms with Crippen molar-refractivity contribution in [1.82, 2.24) is 0 Å². The van der Waals surface area contributed by atoms with Crippen molar-refractivity contribution in [2.24, 2.45) is 0 Å². The van der Waals surface area contributed by atoms with Crippen LogP contribution < -0.4 is 24.8 Å². The SMILES string of the molecule is C[Si](C)=[Zr].C[Si](C)=[Zr].Cc1cc2c(-c3ccccc3)cccc2[cH-]1.Cc1cc2c(-c3ccccc3)cccc2[cH-]1.[Cl-].[Cl-]. The van der Waals surface area contributed by atoms with Gasteiger partial charge < -0.3 is 24.8 Å². The zero-order chi connectivity index (χ0) is 29.1. The molecule has 0 heterocycles. The van der Waals surface area contributed by atoms with Crippen molar-refractivity contribution in [3.63, 3.8) is 0 Å². The van der Waals surface area contributed by atoms with Gasteiger partial charge in [0.1, 0.15) is 0 Å². The molecule has 0 saturated carbocycles. The van der Waals surface area contributed by atoms with E-state index in [1.807, 2.05) is 0 Å². The first-order chi connectivity index (χ1) is 19.2. The first-order valence-corrected chi connectivity index (χ1v) is 26.0. The molecule has 0 aliphatic carbocycles. The van der Waals surface area contributed by atoms with Gasteiger partial charge >= 0.3 is 83.7 Å². The second kappa shape index (κ2) is 20.0. The van der Waals surface area contributed by atoms with Crippen molar-refractivity contribution < 1.29 is 71.5 Å². The Kier molecular flexibility index (Phi) is 18.5. The third-order valence-corrected chi connectivity index (χ3v) is 5.96. The van der Waals surface area contributed by atoms with E-state index in [4.69, 9.17) is 0 Å². The van der Waals surface area contributed by atoms with Crippen molar-refractivity contribution in [3.05, 3.63) is 132 Å². The van der Waals surface area contributed by atoms with Crippen molar-refractivity contribution >= 4 is 32.4 Å². The van der Waals surface area contributed by atoms with Gasteiger partial charge in [0, 0.05) is 0 Å². The Morgan fingerprint density at radius 2 is 0.786 bits per heavy atom. The van der Waals surface area contributed by atoms with E-state index >= 15 is 0 Å². The van der Waals surface area contributed by atoms with E-state index in [1.54, 1.807) is 46.7 Å². The molecule has 6 aromatic rings. The molecule has 6 heteroatoms. The summed E-state index contributed by atoms with van der Waals surface area (Å²) in [5, 5.41) is 5.37. The Labute approximate surface area is 295 Å². The molecule has 0 spiro atoms. The van der Waals surface area contributed by atoms with Gasteiger partial charge in [0.05, 0.1) is 0 Å². The number of hydrogen-bond donors (Lipinski definition) is 0. The van der Waals surface area contributed by atoms with Gasteiger partial charge in [-0.1, -0.05) is 97.8 Å². The summed E-state index contributed by atoms with van der Waals surface area (Å²) >= 11 is 3.48. The van der Waals surface area contributed by atoms with E-state index in [-0.39, 0.29) is 35.7 Å². The summed E-state index contributed by atoms with van der Waals surface area (Å²) in [6, 6.07) is 43.1.